The standard InChI is InChI=1S/C15H16Br2N2S/c16-14-9-13(20-15(14)17)10-18-11-3-5-12(6-4-11)19-7-1-2-8-19/h3-6,9,18H,1-2,7-8,10H2. The summed E-state index contributed by atoms with van der Waals surface area (Å²) in [6.45, 7) is 3.26. The molecule has 1 aromatic carbocycles. The topological polar surface area (TPSA) is 15.3 Å². The third-order valence-electron chi connectivity index (χ3n) is 3.50. The van der Waals surface area contributed by atoms with E-state index in [-0.39, 0.29) is 0 Å². The maximum absolute atomic E-state index is 3.53. The van der Waals surface area contributed by atoms with Crippen molar-refractivity contribution in [2.45, 2.75) is 19.4 Å². The normalized spacial score (nSPS) is 14.8. The van der Waals surface area contributed by atoms with Crippen LogP contribution in [-0.4, -0.2) is 13.1 Å². The van der Waals surface area contributed by atoms with Gasteiger partial charge in [0.2, 0.25) is 0 Å². The maximum Gasteiger partial charge on any atom is 0.0843 e. The van der Waals surface area contributed by atoms with Crippen molar-refractivity contribution in [1.29, 1.82) is 0 Å². The second-order valence-corrected chi connectivity index (χ2v) is 8.24. The molecule has 0 amide bonds. The van der Waals surface area contributed by atoms with E-state index in [1.807, 2.05) is 0 Å². The Morgan fingerprint density at radius 1 is 1.10 bits per heavy atom. The monoisotopic (exact) mass is 414 g/mol. The van der Waals surface area contributed by atoms with Crippen LogP contribution in [-0.2, 0) is 6.54 Å². The number of halogens is 2. The molecule has 0 aliphatic carbocycles. The molecule has 1 aliphatic rings. The van der Waals surface area contributed by atoms with Crippen LogP contribution in [0.3, 0.4) is 0 Å². The lowest BCUT2D eigenvalue weighted by Crippen LogP contribution is -2.17. The summed E-state index contributed by atoms with van der Waals surface area (Å²) >= 11 is 8.80. The molecule has 0 bridgehead atoms. The predicted molar refractivity (Wildman–Crippen MR) is 94.9 cm³/mol. The largest absolute Gasteiger partial charge is 0.380 e. The maximum atomic E-state index is 3.53. The highest BCUT2D eigenvalue weighted by Crippen LogP contribution is 2.32. The Bertz CT molecular complexity index is 555. The molecule has 2 nitrogen and oxygen atoms in total. The lowest BCUT2D eigenvalue weighted by atomic mass is 10.2. The molecule has 0 unspecified atom stereocenters. The number of nitrogens with zero attached hydrogens (tertiary/aromatic N) is 1. The molecule has 106 valence electrons. The van der Waals surface area contributed by atoms with Gasteiger partial charge in [-0.1, -0.05) is 0 Å². The Morgan fingerprint density at radius 3 is 2.40 bits per heavy atom. The molecule has 1 fully saturated rings. The second kappa shape index (κ2) is 6.50. The predicted octanol–water partition coefficient (Wildman–Crippen LogP) is 5.49. The summed E-state index contributed by atoms with van der Waals surface area (Å²) in [5.74, 6) is 0. The third kappa shape index (κ3) is 3.38. The average molecular weight is 416 g/mol. The van der Waals surface area contributed by atoms with Gasteiger partial charge >= 0.3 is 0 Å². The van der Waals surface area contributed by atoms with Gasteiger partial charge in [0, 0.05) is 40.4 Å². The molecule has 1 aromatic heterocycles. The van der Waals surface area contributed by atoms with Crippen molar-refractivity contribution >= 4 is 54.6 Å². The summed E-state index contributed by atoms with van der Waals surface area (Å²) in [7, 11) is 0. The van der Waals surface area contributed by atoms with Crippen LogP contribution in [0.15, 0.2) is 38.6 Å². The zero-order chi connectivity index (χ0) is 13.9. The zero-order valence-electron chi connectivity index (χ0n) is 11.0. The SMILES string of the molecule is Brc1cc(CNc2ccc(N3CCCC3)cc2)sc1Br. The van der Waals surface area contributed by atoms with Gasteiger partial charge < -0.3 is 10.2 Å². The van der Waals surface area contributed by atoms with Crippen LogP contribution in [0.5, 0.6) is 0 Å². The van der Waals surface area contributed by atoms with Crippen LogP contribution in [0.25, 0.3) is 0 Å². The van der Waals surface area contributed by atoms with Crippen molar-refractivity contribution in [3.63, 3.8) is 0 Å². The van der Waals surface area contributed by atoms with E-state index in [1.54, 1.807) is 11.3 Å². The molecular formula is C15H16Br2N2S. The molecular weight excluding hydrogens is 400 g/mol. The number of rotatable bonds is 4. The lowest BCUT2D eigenvalue weighted by Gasteiger charge is -2.17. The highest BCUT2D eigenvalue weighted by molar-refractivity contribution is 9.13. The van der Waals surface area contributed by atoms with Crippen molar-refractivity contribution in [3.8, 4) is 0 Å². The fourth-order valence-corrected chi connectivity index (χ4v) is 4.55. The first kappa shape index (κ1) is 14.4. The van der Waals surface area contributed by atoms with Crippen LogP contribution in [0.1, 0.15) is 17.7 Å². The van der Waals surface area contributed by atoms with E-state index in [4.69, 9.17) is 0 Å². The number of nitrogens with one attached hydrogen (secondary N) is 1. The van der Waals surface area contributed by atoms with Crippen LogP contribution in [0.2, 0.25) is 0 Å². The van der Waals surface area contributed by atoms with E-state index >= 15 is 0 Å². The minimum absolute atomic E-state index is 0.859. The van der Waals surface area contributed by atoms with Gasteiger partial charge in [-0.2, -0.15) is 0 Å². The summed E-state index contributed by atoms with van der Waals surface area (Å²) < 4.78 is 2.28. The molecule has 2 heterocycles. The molecule has 0 radical (unpaired) electrons. The van der Waals surface area contributed by atoms with Gasteiger partial charge in [0.05, 0.1) is 3.79 Å². The van der Waals surface area contributed by atoms with Crippen LogP contribution in [0, 0.1) is 0 Å². The summed E-state index contributed by atoms with van der Waals surface area (Å²) in [5, 5.41) is 3.47. The number of hydrogen-bond donors (Lipinski definition) is 1. The quantitative estimate of drug-likeness (QED) is 0.710. The number of hydrogen-bond acceptors (Lipinski definition) is 3. The molecule has 5 heteroatoms. The lowest BCUT2D eigenvalue weighted by molar-refractivity contribution is 0.949. The summed E-state index contributed by atoms with van der Waals surface area (Å²) in [6, 6.07) is 10.9. The van der Waals surface area contributed by atoms with E-state index in [0.717, 1.165) is 14.8 Å². The molecule has 0 atom stereocenters. The van der Waals surface area contributed by atoms with Crippen molar-refractivity contribution in [3.05, 3.63) is 43.5 Å². The van der Waals surface area contributed by atoms with Crippen LogP contribution >= 0.6 is 43.2 Å². The molecule has 0 saturated carbocycles. The molecule has 1 N–H and O–H groups in total. The second-order valence-electron chi connectivity index (χ2n) is 4.93. The van der Waals surface area contributed by atoms with Gasteiger partial charge in [-0.05, 0) is 75.0 Å². The van der Waals surface area contributed by atoms with E-state index in [0.29, 0.717) is 0 Å². The summed E-state index contributed by atoms with van der Waals surface area (Å²) in [6.07, 6.45) is 2.64. The van der Waals surface area contributed by atoms with Gasteiger partial charge in [-0.3, -0.25) is 0 Å². The molecule has 3 rings (SSSR count). The Balaban J connectivity index is 1.60. The van der Waals surface area contributed by atoms with Gasteiger partial charge in [0.15, 0.2) is 0 Å². The first-order chi connectivity index (χ1) is 9.72. The Labute approximate surface area is 140 Å². The van der Waals surface area contributed by atoms with E-state index in [1.165, 1.54) is 42.2 Å². The van der Waals surface area contributed by atoms with Crippen molar-refractivity contribution in [2.75, 3.05) is 23.3 Å². The van der Waals surface area contributed by atoms with Crippen molar-refractivity contribution in [2.24, 2.45) is 0 Å². The molecule has 20 heavy (non-hydrogen) atoms. The van der Waals surface area contributed by atoms with Crippen LogP contribution < -0.4 is 10.2 Å². The van der Waals surface area contributed by atoms with Gasteiger partial charge in [0.1, 0.15) is 0 Å². The Hall–Kier alpha value is -0.520. The van der Waals surface area contributed by atoms with Crippen molar-refractivity contribution in [1.82, 2.24) is 0 Å². The molecule has 1 aliphatic heterocycles. The summed E-state index contributed by atoms with van der Waals surface area (Å²) in [4.78, 5) is 3.77. The van der Waals surface area contributed by atoms with Gasteiger partial charge in [-0.25, -0.2) is 0 Å². The van der Waals surface area contributed by atoms with Crippen molar-refractivity contribution < 1.29 is 0 Å². The highest BCUT2D eigenvalue weighted by Gasteiger charge is 2.11. The Morgan fingerprint density at radius 2 is 1.80 bits per heavy atom. The minimum Gasteiger partial charge on any atom is -0.380 e. The number of anilines is 2. The smallest absolute Gasteiger partial charge is 0.0843 e. The zero-order valence-corrected chi connectivity index (χ0v) is 15.0. The fourth-order valence-electron chi connectivity index (χ4n) is 2.43. The van der Waals surface area contributed by atoms with E-state index in [2.05, 4.69) is 72.4 Å². The summed E-state index contributed by atoms with van der Waals surface area (Å²) in [5.41, 5.74) is 2.52. The third-order valence-corrected chi connectivity index (χ3v) is 6.76. The van der Waals surface area contributed by atoms with Crippen LogP contribution in [0.4, 0.5) is 11.4 Å². The average Bonchev–Trinajstić information content (AvgIpc) is 3.08. The molecule has 1 saturated heterocycles. The van der Waals surface area contributed by atoms with Gasteiger partial charge in [0.25, 0.3) is 0 Å². The fraction of sp³-hybridized carbons (Fsp3) is 0.333. The minimum atomic E-state index is 0.859. The first-order valence-electron chi connectivity index (χ1n) is 6.75. The number of benzene rings is 1. The number of thiophene rings is 1. The molecule has 2 aromatic rings. The van der Waals surface area contributed by atoms with E-state index < -0.39 is 0 Å². The Kier molecular flexibility index (Phi) is 4.68. The molecule has 0 spiro atoms. The highest BCUT2D eigenvalue weighted by atomic mass is 79.9. The van der Waals surface area contributed by atoms with E-state index in [9.17, 15) is 0 Å². The van der Waals surface area contributed by atoms with Gasteiger partial charge in [-0.15, -0.1) is 11.3 Å². The first-order valence-corrected chi connectivity index (χ1v) is 9.15.